The molecule has 1 aromatic heterocycles. The molecule has 0 saturated heterocycles. The number of ketones is 1. The van der Waals surface area contributed by atoms with E-state index < -0.39 is 5.82 Å². The van der Waals surface area contributed by atoms with E-state index in [2.05, 4.69) is 9.97 Å². The SMILES string of the molecule is NCc1c(F)cccc1C(=O)c1ncc[nH]1. The van der Waals surface area contributed by atoms with Gasteiger partial charge in [-0.25, -0.2) is 9.37 Å². The van der Waals surface area contributed by atoms with Crippen molar-refractivity contribution >= 4 is 5.78 Å². The highest BCUT2D eigenvalue weighted by atomic mass is 19.1. The van der Waals surface area contributed by atoms with Gasteiger partial charge >= 0.3 is 0 Å². The second-order valence-electron chi connectivity index (χ2n) is 3.24. The van der Waals surface area contributed by atoms with E-state index in [0.717, 1.165) is 0 Å². The van der Waals surface area contributed by atoms with Crippen LogP contribution in [-0.2, 0) is 6.54 Å². The number of rotatable bonds is 3. The lowest BCUT2D eigenvalue weighted by molar-refractivity contribution is 0.102. The Labute approximate surface area is 91.3 Å². The fourth-order valence-electron chi connectivity index (χ4n) is 1.50. The molecular weight excluding hydrogens is 209 g/mol. The molecule has 0 spiro atoms. The van der Waals surface area contributed by atoms with Gasteiger partial charge in [0, 0.05) is 30.1 Å². The third-order valence-electron chi connectivity index (χ3n) is 2.28. The molecule has 0 aliphatic carbocycles. The summed E-state index contributed by atoms with van der Waals surface area (Å²) in [6.45, 7) is -0.0194. The van der Waals surface area contributed by atoms with Crippen molar-refractivity contribution < 1.29 is 9.18 Å². The van der Waals surface area contributed by atoms with Crippen LogP contribution >= 0.6 is 0 Å². The van der Waals surface area contributed by atoms with Gasteiger partial charge in [0.15, 0.2) is 5.82 Å². The summed E-state index contributed by atoms with van der Waals surface area (Å²) in [5.41, 5.74) is 5.88. The van der Waals surface area contributed by atoms with Crippen LogP contribution in [0.3, 0.4) is 0 Å². The Morgan fingerprint density at radius 2 is 2.31 bits per heavy atom. The van der Waals surface area contributed by atoms with Crippen LogP contribution in [0.1, 0.15) is 21.7 Å². The molecule has 2 rings (SSSR count). The lowest BCUT2D eigenvalue weighted by Crippen LogP contribution is -2.11. The normalized spacial score (nSPS) is 10.4. The Bertz CT molecular complexity index is 508. The number of carbonyl (C=O) groups is 1. The van der Waals surface area contributed by atoms with Crippen molar-refractivity contribution in [1.82, 2.24) is 9.97 Å². The minimum Gasteiger partial charge on any atom is -0.342 e. The number of H-pyrrole nitrogens is 1. The van der Waals surface area contributed by atoms with Gasteiger partial charge in [0.25, 0.3) is 0 Å². The number of hydrogen-bond acceptors (Lipinski definition) is 3. The van der Waals surface area contributed by atoms with Crippen LogP contribution in [0.25, 0.3) is 0 Å². The van der Waals surface area contributed by atoms with Crippen LogP contribution in [0.5, 0.6) is 0 Å². The van der Waals surface area contributed by atoms with Gasteiger partial charge in [0.1, 0.15) is 5.82 Å². The second kappa shape index (κ2) is 4.24. The van der Waals surface area contributed by atoms with E-state index in [1.807, 2.05) is 0 Å². The number of halogens is 1. The van der Waals surface area contributed by atoms with Crippen LogP contribution in [0.15, 0.2) is 30.6 Å². The lowest BCUT2D eigenvalue weighted by Gasteiger charge is -2.05. The number of carbonyl (C=O) groups excluding carboxylic acids is 1. The van der Waals surface area contributed by atoms with Crippen molar-refractivity contribution in [3.8, 4) is 0 Å². The van der Waals surface area contributed by atoms with Gasteiger partial charge in [0.05, 0.1) is 0 Å². The predicted octanol–water partition coefficient (Wildman–Crippen LogP) is 1.24. The molecule has 0 atom stereocenters. The molecule has 16 heavy (non-hydrogen) atoms. The maximum Gasteiger partial charge on any atom is 0.228 e. The summed E-state index contributed by atoms with van der Waals surface area (Å²) < 4.78 is 13.4. The number of nitrogens with one attached hydrogen (secondary N) is 1. The summed E-state index contributed by atoms with van der Waals surface area (Å²) in [6, 6.07) is 4.29. The molecule has 0 aliphatic rings. The number of nitrogens with zero attached hydrogens (tertiary/aromatic N) is 1. The number of imidazole rings is 1. The highest BCUT2D eigenvalue weighted by Crippen LogP contribution is 2.15. The molecule has 82 valence electrons. The van der Waals surface area contributed by atoms with E-state index in [0.29, 0.717) is 0 Å². The first-order valence-electron chi connectivity index (χ1n) is 4.75. The monoisotopic (exact) mass is 219 g/mol. The maximum absolute atomic E-state index is 13.4. The van der Waals surface area contributed by atoms with Crippen LogP contribution in [0, 0.1) is 5.82 Å². The molecule has 0 saturated carbocycles. The molecule has 3 N–H and O–H groups in total. The van der Waals surface area contributed by atoms with E-state index in [-0.39, 0.29) is 29.3 Å². The van der Waals surface area contributed by atoms with Gasteiger partial charge in [-0.3, -0.25) is 4.79 Å². The van der Waals surface area contributed by atoms with Gasteiger partial charge in [-0.15, -0.1) is 0 Å². The van der Waals surface area contributed by atoms with Crippen molar-refractivity contribution in [3.05, 3.63) is 53.4 Å². The number of aromatic amines is 1. The molecule has 5 heteroatoms. The van der Waals surface area contributed by atoms with E-state index >= 15 is 0 Å². The predicted molar refractivity (Wildman–Crippen MR) is 56.3 cm³/mol. The standard InChI is InChI=1S/C11H10FN3O/c12-9-3-1-2-7(8(9)6-13)10(16)11-14-4-5-15-11/h1-5H,6,13H2,(H,14,15). The lowest BCUT2D eigenvalue weighted by atomic mass is 10.0. The van der Waals surface area contributed by atoms with Crippen molar-refractivity contribution in [2.45, 2.75) is 6.54 Å². The van der Waals surface area contributed by atoms with E-state index in [1.165, 1.54) is 30.6 Å². The fraction of sp³-hybridized carbons (Fsp3) is 0.0909. The Balaban J connectivity index is 2.48. The molecule has 0 fully saturated rings. The van der Waals surface area contributed by atoms with Crippen LogP contribution in [0.2, 0.25) is 0 Å². The number of aromatic nitrogens is 2. The summed E-state index contributed by atoms with van der Waals surface area (Å²) in [6.07, 6.45) is 3.00. The van der Waals surface area contributed by atoms with Gasteiger partial charge in [-0.2, -0.15) is 0 Å². The van der Waals surface area contributed by atoms with E-state index in [1.54, 1.807) is 0 Å². The third-order valence-corrected chi connectivity index (χ3v) is 2.28. The molecule has 0 amide bonds. The number of benzene rings is 1. The first kappa shape index (κ1) is 10.5. The zero-order valence-corrected chi connectivity index (χ0v) is 8.40. The molecule has 2 aromatic rings. The summed E-state index contributed by atoms with van der Waals surface area (Å²) >= 11 is 0. The Hall–Kier alpha value is -2.01. The summed E-state index contributed by atoms with van der Waals surface area (Å²) in [5.74, 6) is -0.648. The van der Waals surface area contributed by atoms with Gasteiger partial charge in [0.2, 0.25) is 5.78 Å². The Morgan fingerprint density at radius 1 is 1.50 bits per heavy atom. The van der Waals surface area contributed by atoms with E-state index in [4.69, 9.17) is 5.73 Å². The topological polar surface area (TPSA) is 71.8 Å². The summed E-state index contributed by atoms with van der Waals surface area (Å²) in [7, 11) is 0. The van der Waals surface area contributed by atoms with Gasteiger partial charge < -0.3 is 10.7 Å². The first-order valence-corrected chi connectivity index (χ1v) is 4.75. The molecule has 0 unspecified atom stereocenters. The van der Waals surface area contributed by atoms with Crippen molar-refractivity contribution in [1.29, 1.82) is 0 Å². The average molecular weight is 219 g/mol. The Morgan fingerprint density at radius 3 is 2.94 bits per heavy atom. The van der Waals surface area contributed by atoms with Crippen LogP contribution < -0.4 is 5.73 Å². The molecule has 0 radical (unpaired) electrons. The van der Waals surface area contributed by atoms with E-state index in [9.17, 15) is 9.18 Å². The highest BCUT2D eigenvalue weighted by Gasteiger charge is 2.17. The molecular formula is C11H10FN3O. The first-order chi connectivity index (χ1) is 7.74. The molecule has 0 bridgehead atoms. The molecule has 1 heterocycles. The summed E-state index contributed by atoms with van der Waals surface area (Å²) in [5, 5.41) is 0. The highest BCUT2D eigenvalue weighted by molar-refractivity contribution is 6.07. The number of hydrogen-bond donors (Lipinski definition) is 2. The minimum atomic E-state index is -0.472. The largest absolute Gasteiger partial charge is 0.342 e. The minimum absolute atomic E-state index is 0.0194. The number of nitrogens with two attached hydrogens (primary N) is 1. The quantitative estimate of drug-likeness (QED) is 0.763. The second-order valence-corrected chi connectivity index (χ2v) is 3.24. The third kappa shape index (κ3) is 1.72. The zero-order chi connectivity index (χ0) is 11.5. The van der Waals surface area contributed by atoms with Crippen LogP contribution in [-0.4, -0.2) is 15.8 Å². The van der Waals surface area contributed by atoms with Gasteiger partial charge in [-0.1, -0.05) is 12.1 Å². The smallest absolute Gasteiger partial charge is 0.228 e. The maximum atomic E-state index is 13.4. The van der Waals surface area contributed by atoms with Crippen molar-refractivity contribution in [2.24, 2.45) is 5.73 Å². The Kier molecular flexibility index (Phi) is 2.78. The average Bonchev–Trinajstić information content (AvgIpc) is 2.81. The van der Waals surface area contributed by atoms with Crippen molar-refractivity contribution in [3.63, 3.8) is 0 Å². The summed E-state index contributed by atoms with van der Waals surface area (Å²) in [4.78, 5) is 18.4. The fourth-order valence-corrected chi connectivity index (χ4v) is 1.50. The van der Waals surface area contributed by atoms with Gasteiger partial charge in [-0.05, 0) is 6.07 Å². The zero-order valence-electron chi connectivity index (χ0n) is 8.40. The molecule has 0 aliphatic heterocycles. The van der Waals surface area contributed by atoms with Crippen LogP contribution in [0.4, 0.5) is 4.39 Å². The van der Waals surface area contributed by atoms with Crippen molar-refractivity contribution in [2.75, 3.05) is 0 Å². The molecule has 4 nitrogen and oxygen atoms in total. The molecule has 1 aromatic carbocycles.